The Morgan fingerprint density at radius 2 is 1.86 bits per heavy atom. The van der Waals surface area contributed by atoms with Gasteiger partial charge in [0, 0.05) is 17.2 Å². The van der Waals surface area contributed by atoms with Crippen LogP contribution in [-0.4, -0.2) is 24.7 Å². The lowest BCUT2D eigenvalue weighted by molar-refractivity contribution is -0.186. The normalized spacial score (nSPS) is 21.9. The highest BCUT2D eigenvalue weighted by Crippen LogP contribution is 2.60. The van der Waals surface area contributed by atoms with Crippen molar-refractivity contribution in [1.82, 2.24) is 0 Å². The Morgan fingerprint density at radius 3 is 2.59 bits per heavy atom. The zero-order valence-corrected chi connectivity index (χ0v) is 15.1. The molecule has 2 aromatic rings. The van der Waals surface area contributed by atoms with Crippen molar-refractivity contribution in [2.24, 2.45) is 0 Å². The summed E-state index contributed by atoms with van der Waals surface area (Å²) in [5, 5.41) is 9.57. The largest absolute Gasteiger partial charge is 0.456 e. The molecule has 2 atom stereocenters. The summed E-state index contributed by atoms with van der Waals surface area (Å²) in [7, 11) is 0. The lowest BCUT2D eigenvalue weighted by atomic mass is 9.74. The smallest absolute Gasteiger partial charge is 0.422 e. The van der Waals surface area contributed by atoms with E-state index in [4.69, 9.17) is 0 Å². The summed E-state index contributed by atoms with van der Waals surface area (Å²) < 4.78 is 41.8. The van der Waals surface area contributed by atoms with Crippen LogP contribution in [0, 0.1) is 11.3 Å². The highest BCUT2D eigenvalue weighted by molar-refractivity contribution is 6.14. The molecule has 0 saturated carbocycles. The second-order valence-electron chi connectivity index (χ2n) is 7.04. The second kappa shape index (κ2) is 6.62. The molecule has 5 nitrogen and oxygen atoms in total. The highest BCUT2D eigenvalue weighted by Gasteiger charge is 2.60. The predicted molar refractivity (Wildman–Crippen MR) is 96.0 cm³/mol. The molecule has 8 heteroatoms. The van der Waals surface area contributed by atoms with Gasteiger partial charge in [0.25, 0.3) is 5.91 Å². The van der Waals surface area contributed by atoms with Crippen molar-refractivity contribution in [2.45, 2.75) is 30.5 Å². The molecule has 0 aliphatic carbocycles. The van der Waals surface area contributed by atoms with E-state index in [0.29, 0.717) is 22.4 Å². The zero-order chi connectivity index (χ0) is 20.8. The molecular weight excluding hydrogens is 385 g/mol. The molecule has 2 aromatic carbocycles. The first-order valence-electron chi connectivity index (χ1n) is 8.92. The Morgan fingerprint density at radius 1 is 1.17 bits per heavy atom. The van der Waals surface area contributed by atoms with Gasteiger partial charge in [-0.05, 0) is 23.3 Å². The number of esters is 1. The third kappa shape index (κ3) is 2.85. The van der Waals surface area contributed by atoms with E-state index >= 15 is 0 Å². The standard InChI is InChI=1S/C21H15F3N2O3/c22-21(23,24)12-29-18(27)11-16-13-5-2-4-8-17(13)26-19(28)14-6-1-3-7-15(14)20(16,26)9-10-25/h1-8,16H,9,11-12H2/t16-,20?/m0/s1. The minimum atomic E-state index is -4.63. The lowest BCUT2D eigenvalue weighted by Gasteiger charge is -2.36. The van der Waals surface area contributed by atoms with E-state index in [2.05, 4.69) is 10.8 Å². The van der Waals surface area contributed by atoms with Crippen LogP contribution in [-0.2, 0) is 15.1 Å². The van der Waals surface area contributed by atoms with Crippen LogP contribution >= 0.6 is 0 Å². The molecule has 1 unspecified atom stereocenters. The van der Waals surface area contributed by atoms with E-state index in [1.165, 1.54) is 4.90 Å². The van der Waals surface area contributed by atoms with Crippen LogP contribution < -0.4 is 4.90 Å². The van der Waals surface area contributed by atoms with Crippen molar-refractivity contribution < 1.29 is 27.5 Å². The first kappa shape index (κ1) is 19.0. The van der Waals surface area contributed by atoms with Gasteiger partial charge in [-0.1, -0.05) is 36.4 Å². The Kier molecular flexibility index (Phi) is 4.34. The summed E-state index contributed by atoms with van der Waals surface area (Å²) in [4.78, 5) is 26.9. The molecule has 0 fully saturated rings. The van der Waals surface area contributed by atoms with Gasteiger partial charge in [0.15, 0.2) is 6.61 Å². The van der Waals surface area contributed by atoms with E-state index in [-0.39, 0.29) is 18.7 Å². The zero-order valence-electron chi connectivity index (χ0n) is 15.1. The molecule has 29 heavy (non-hydrogen) atoms. The van der Waals surface area contributed by atoms with E-state index in [9.17, 15) is 28.0 Å². The molecule has 0 N–H and O–H groups in total. The fraction of sp³-hybridized carbons (Fsp3) is 0.286. The van der Waals surface area contributed by atoms with Gasteiger partial charge in [0.2, 0.25) is 0 Å². The first-order valence-corrected chi connectivity index (χ1v) is 8.92. The summed E-state index contributed by atoms with van der Waals surface area (Å²) in [5.41, 5.74) is 1.04. The van der Waals surface area contributed by atoms with Gasteiger partial charge in [-0.2, -0.15) is 18.4 Å². The van der Waals surface area contributed by atoms with Crippen LogP contribution in [0.2, 0.25) is 0 Å². The average Bonchev–Trinajstić information content (AvgIpc) is 3.09. The number of para-hydroxylation sites is 1. The summed E-state index contributed by atoms with van der Waals surface area (Å²) in [6, 6.07) is 15.8. The average molecular weight is 400 g/mol. The van der Waals surface area contributed by atoms with Gasteiger partial charge in [0.05, 0.1) is 24.4 Å². The number of halogens is 3. The van der Waals surface area contributed by atoms with E-state index in [1.54, 1.807) is 48.5 Å². The van der Waals surface area contributed by atoms with Crippen molar-refractivity contribution in [1.29, 1.82) is 5.26 Å². The lowest BCUT2D eigenvalue weighted by Crippen LogP contribution is -2.44. The number of ether oxygens (including phenoxy) is 1. The molecule has 0 saturated heterocycles. The SMILES string of the molecule is N#CCC12c3ccccc3C(=O)N1c1ccccc1[C@@H]2CC(=O)OCC(F)(F)F. The molecule has 2 heterocycles. The van der Waals surface area contributed by atoms with Gasteiger partial charge in [0.1, 0.15) is 0 Å². The van der Waals surface area contributed by atoms with Crippen LogP contribution in [0.4, 0.5) is 18.9 Å². The number of carbonyl (C=O) groups excluding carboxylic acids is 2. The highest BCUT2D eigenvalue weighted by atomic mass is 19.4. The topological polar surface area (TPSA) is 70.4 Å². The maximum absolute atomic E-state index is 13.2. The van der Waals surface area contributed by atoms with E-state index in [0.717, 1.165) is 0 Å². The number of nitriles is 1. The number of hydrogen-bond donors (Lipinski definition) is 0. The van der Waals surface area contributed by atoms with Crippen molar-refractivity contribution in [2.75, 3.05) is 11.5 Å². The molecule has 0 spiro atoms. The number of hydrogen-bond acceptors (Lipinski definition) is 4. The van der Waals surface area contributed by atoms with Crippen molar-refractivity contribution in [3.8, 4) is 6.07 Å². The second-order valence-corrected chi connectivity index (χ2v) is 7.04. The molecule has 0 aromatic heterocycles. The van der Waals surface area contributed by atoms with Gasteiger partial charge in [-0.3, -0.25) is 14.5 Å². The van der Waals surface area contributed by atoms with Crippen LogP contribution in [0.3, 0.4) is 0 Å². The van der Waals surface area contributed by atoms with Gasteiger partial charge in [-0.25, -0.2) is 0 Å². The third-order valence-electron chi connectivity index (χ3n) is 5.47. The maximum Gasteiger partial charge on any atom is 0.422 e. The molecule has 1 amide bonds. The number of carbonyl (C=O) groups is 2. The van der Waals surface area contributed by atoms with Crippen LogP contribution in [0.5, 0.6) is 0 Å². The van der Waals surface area contributed by atoms with Gasteiger partial charge in [-0.15, -0.1) is 0 Å². The summed E-state index contributed by atoms with van der Waals surface area (Å²) in [6.07, 6.45) is -5.12. The van der Waals surface area contributed by atoms with E-state index in [1.807, 2.05) is 0 Å². The Balaban J connectivity index is 1.81. The Hall–Kier alpha value is -3.34. The molecule has 2 aliphatic heterocycles. The minimum Gasteiger partial charge on any atom is -0.456 e. The fourth-order valence-electron chi connectivity index (χ4n) is 4.46. The number of anilines is 1. The number of rotatable bonds is 4. The molecular formula is C21H15F3N2O3. The number of fused-ring (bicyclic) bond motifs is 5. The van der Waals surface area contributed by atoms with Gasteiger partial charge >= 0.3 is 12.1 Å². The molecule has 0 radical (unpaired) electrons. The number of amides is 1. The van der Waals surface area contributed by atoms with Crippen LogP contribution in [0.25, 0.3) is 0 Å². The Bertz CT molecular complexity index is 1040. The van der Waals surface area contributed by atoms with Crippen molar-refractivity contribution in [3.63, 3.8) is 0 Å². The third-order valence-corrected chi connectivity index (χ3v) is 5.47. The molecule has 0 bridgehead atoms. The molecule has 148 valence electrons. The molecule has 2 aliphatic rings. The van der Waals surface area contributed by atoms with E-state index < -0.39 is 30.2 Å². The fourth-order valence-corrected chi connectivity index (χ4v) is 4.46. The summed E-state index contributed by atoms with van der Waals surface area (Å²) in [6.45, 7) is -1.68. The number of alkyl halides is 3. The van der Waals surface area contributed by atoms with Crippen LogP contribution in [0.1, 0.15) is 40.2 Å². The van der Waals surface area contributed by atoms with Crippen molar-refractivity contribution in [3.05, 3.63) is 65.2 Å². The summed E-state index contributed by atoms with van der Waals surface area (Å²) in [5.74, 6) is -2.03. The minimum absolute atomic E-state index is 0.109. The van der Waals surface area contributed by atoms with Crippen LogP contribution in [0.15, 0.2) is 48.5 Å². The van der Waals surface area contributed by atoms with Crippen molar-refractivity contribution >= 4 is 17.6 Å². The summed E-state index contributed by atoms with van der Waals surface area (Å²) >= 11 is 0. The molecule has 4 rings (SSSR count). The maximum atomic E-state index is 13.2. The first-order chi connectivity index (χ1) is 13.8. The predicted octanol–water partition coefficient (Wildman–Crippen LogP) is 4.05. The Labute approximate surface area is 164 Å². The number of nitrogens with zero attached hydrogens (tertiary/aromatic N) is 2. The number of benzene rings is 2. The van der Waals surface area contributed by atoms with Gasteiger partial charge < -0.3 is 4.74 Å². The monoisotopic (exact) mass is 400 g/mol. The quantitative estimate of drug-likeness (QED) is 0.726.